The number of piperidine rings is 1. The standard InChI is InChI=1S/C41H52ClN3O4/c1-27(26-48-37-12-19-43-36-9-4-6-28(2)38(36)37)22-30-23-29-10-11-34(49-33-13-20-45(3)21-14-33)25-35(29)40(30)15-17-41(18-16-40,39(46)47)44-32-8-5-7-31(42)24-32/h5,7-8,10-12,19,24-25,27-28,30,33,44H,4,6,9,13-18,20-23,26H2,1-3H3,(H,46,47)/t27-,28-,30?,40?,41?/m1/s1. The third kappa shape index (κ3) is 7.03. The van der Waals surface area contributed by atoms with Crippen molar-refractivity contribution in [3.8, 4) is 11.5 Å². The summed E-state index contributed by atoms with van der Waals surface area (Å²) in [5, 5.41) is 14.7. The van der Waals surface area contributed by atoms with Crippen LogP contribution in [0.4, 0.5) is 5.69 Å². The van der Waals surface area contributed by atoms with E-state index in [9.17, 15) is 9.90 Å². The fraction of sp³-hybridized carbons (Fsp3) is 0.561. The fourth-order valence-electron chi connectivity index (χ4n) is 9.45. The molecule has 2 aromatic carbocycles. The van der Waals surface area contributed by atoms with Crippen molar-refractivity contribution >= 4 is 23.3 Å². The Morgan fingerprint density at radius 1 is 1.10 bits per heavy atom. The highest BCUT2D eigenvalue weighted by Crippen LogP contribution is 2.57. The van der Waals surface area contributed by atoms with Crippen molar-refractivity contribution in [1.82, 2.24) is 9.88 Å². The molecular formula is C41H52ClN3O4. The fourth-order valence-corrected chi connectivity index (χ4v) is 9.64. The van der Waals surface area contributed by atoms with Gasteiger partial charge in [0, 0.05) is 41.3 Å². The summed E-state index contributed by atoms with van der Waals surface area (Å²) in [6.45, 7) is 7.38. The molecule has 0 amide bonds. The van der Waals surface area contributed by atoms with Gasteiger partial charge < -0.3 is 24.8 Å². The van der Waals surface area contributed by atoms with Crippen molar-refractivity contribution in [3.63, 3.8) is 0 Å². The Kier molecular flexibility index (Phi) is 9.86. The Morgan fingerprint density at radius 2 is 1.90 bits per heavy atom. The summed E-state index contributed by atoms with van der Waals surface area (Å²) in [6, 6.07) is 16.2. The first-order valence-electron chi connectivity index (χ1n) is 18.5. The Hall–Kier alpha value is -3.29. The summed E-state index contributed by atoms with van der Waals surface area (Å²) in [5.41, 5.74) is 4.84. The second kappa shape index (κ2) is 14.1. The number of carboxylic acids is 1. The number of anilines is 1. The lowest BCUT2D eigenvalue weighted by molar-refractivity contribution is -0.144. The number of ether oxygens (including phenoxy) is 2. The van der Waals surface area contributed by atoms with Crippen LogP contribution in [0.15, 0.2) is 54.7 Å². The minimum Gasteiger partial charge on any atom is -0.493 e. The number of rotatable bonds is 10. The molecule has 4 aliphatic rings. The summed E-state index contributed by atoms with van der Waals surface area (Å²) >= 11 is 6.29. The lowest BCUT2D eigenvalue weighted by atomic mass is 9.59. The minimum absolute atomic E-state index is 0.116. The molecule has 7 nitrogen and oxygen atoms in total. The number of aryl methyl sites for hydroxylation is 1. The Bertz CT molecular complexity index is 1650. The molecule has 1 unspecified atom stereocenters. The zero-order chi connectivity index (χ0) is 34.2. The molecule has 1 saturated heterocycles. The average Bonchev–Trinajstić information content (AvgIpc) is 3.37. The second-order valence-electron chi connectivity index (χ2n) is 15.6. The van der Waals surface area contributed by atoms with Crippen LogP contribution >= 0.6 is 11.6 Å². The molecule has 7 rings (SSSR count). The molecule has 8 heteroatoms. The quantitative estimate of drug-likeness (QED) is 0.221. The number of halogens is 1. The molecule has 262 valence electrons. The lowest BCUT2D eigenvalue weighted by Gasteiger charge is -2.47. The maximum atomic E-state index is 13.0. The van der Waals surface area contributed by atoms with Crippen molar-refractivity contribution < 1.29 is 19.4 Å². The smallest absolute Gasteiger partial charge is 0.329 e. The maximum absolute atomic E-state index is 13.0. The van der Waals surface area contributed by atoms with E-state index in [0.717, 1.165) is 75.2 Å². The van der Waals surface area contributed by atoms with E-state index in [0.29, 0.717) is 42.2 Å². The number of nitrogens with one attached hydrogen (secondary N) is 1. The van der Waals surface area contributed by atoms with Gasteiger partial charge in [-0.25, -0.2) is 4.79 Å². The number of hydrogen-bond acceptors (Lipinski definition) is 6. The molecule has 49 heavy (non-hydrogen) atoms. The van der Waals surface area contributed by atoms with Gasteiger partial charge >= 0.3 is 5.97 Å². The third-order valence-electron chi connectivity index (χ3n) is 12.2. The number of carbonyl (C=O) groups is 1. The van der Waals surface area contributed by atoms with Crippen molar-refractivity contribution in [1.29, 1.82) is 0 Å². The molecule has 0 radical (unpaired) electrons. The van der Waals surface area contributed by atoms with Crippen LogP contribution in [0.5, 0.6) is 11.5 Å². The third-order valence-corrected chi connectivity index (χ3v) is 12.5. The molecule has 2 N–H and O–H groups in total. The SMILES string of the molecule is C[C@@H](COc1ccnc2c1[C@H](C)CCC2)CC1Cc2ccc(OC3CCN(C)CC3)cc2C12CCC(Nc1cccc(Cl)c1)(C(=O)O)CC2. The zero-order valence-corrected chi connectivity index (χ0v) is 30.1. The van der Waals surface area contributed by atoms with Gasteiger partial charge in [-0.3, -0.25) is 4.98 Å². The largest absolute Gasteiger partial charge is 0.493 e. The van der Waals surface area contributed by atoms with Gasteiger partial charge in [0.1, 0.15) is 23.1 Å². The summed E-state index contributed by atoms with van der Waals surface area (Å²) in [6.07, 6.45) is 12.3. The van der Waals surface area contributed by atoms with Gasteiger partial charge in [0.05, 0.1) is 6.61 Å². The number of aliphatic carboxylic acids is 1. The first kappa shape index (κ1) is 34.2. The van der Waals surface area contributed by atoms with Crippen LogP contribution in [-0.4, -0.2) is 59.3 Å². The van der Waals surface area contributed by atoms with Crippen LogP contribution in [0.25, 0.3) is 0 Å². The van der Waals surface area contributed by atoms with Crippen LogP contribution in [0.1, 0.15) is 99.9 Å². The van der Waals surface area contributed by atoms with Gasteiger partial charge in [0.15, 0.2) is 0 Å². The number of pyridine rings is 1. The first-order valence-corrected chi connectivity index (χ1v) is 18.9. The summed E-state index contributed by atoms with van der Waals surface area (Å²) in [4.78, 5) is 20.0. The Morgan fingerprint density at radius 3 is 2.65 bits per heavy atom. The predicted octanol–water partition coefficient (Wildman–Crippen LogP) is 8.67. The molecule has 3 atom stereocenters. The lowest BCUT2D eigenvalue weighted by Crippen LogP contribution is -2.53. The molecule has 1 aliphatic heterocycles. The highest BCUT2D eigenvalue weighted by Gasteiger charge is 2.54. The van der Waals surface area contributed by atoms with Gasteiger partial charge in [0.2, 0.25) is 0 Å². The number of likely N-dealkylation sites (tertiary alicyclic amines) is 1. The number of carboxylic acid groups (broad SMARTS) is 1. The van der Waals surface area contributed by atoms with E-state index in [1.165, 1.54) is 35.2 Å². The molecule has 2 fully saturated rings. The van der Waals surface area contributed by atoms with E-state index in [4.69, 9.17) is 21.1 Å². The van der Waals surface area contributed by atoms with E-state index in [2.05, 4.69) is 54.3 Å². The number of nitrogens with zero attached hydrogens (tertiary/aromatic N) is 2. The van der Waals surface area contributed by atoms with Crippen LogP contribution in [0, 0.1) is 11.8 Å². The molecule has 3 aliphatic carbocycles. The Labute approximate surface area is 296 Å². The van der Waals surface area contributed by atoms with Crippen LogP contribution in [-0.2, 0) is 23.1 Å². The molecule has 2 heterocycles. The number of fused-ring (bicyclic) bond motifs is 3. The summed E-state index contributed by atoms with van der Waals surface area (Å²) in [7, 11) is 2.18. The van der Waals surface area contributed by atoms with Gasteiger partial charge in [-0.05, 0) is 148 Å². The zero-order valence-electron chi connectivity index (χ0n) is 29.3. The number of aromatic nitrogens is 1. The molecule has 1 spiro atoms. The van der Waals surface area contributed by atoms with Crippen molar-refractivity contribution in [2.24, 2.45) is 11.8 Å². The number of benzene rings is 2. The highest BCUT2D eigenvalue weighted by molar-refractivity contribution is 6.30. The number of hydrogen-bond donors (Lipinski definition) is 2. The van der Waals surface area contributed by atoms with E-state index in [-0.39, 0.29) is 11.5 Å². The summed E-state index contributed by atoms with van der Waals surface area (Å²) in [5.74, 6) is 2.35. The van der Waals surface area contributed by atoms with Crippen LogP contribution in [0.2, 0.25) is 5.02 Å². The van der Waals surface area contributed by atoms with Gasteiger partial charge in [0.25, 0.3) is 0 Å². The minimum atomic E-state index is -1.04. The molecule has 1 aromatic heterocycles. The second-order valence-corrected chi connectivity index (χ2v) is 16.1. The highest BCUT2D eigenvalue weighted by atomic mass is 35.5. The van der Waals surface area contributed by atoms with Crippen LogP contribution < -0.4 is 14.8 Å². The summed E-state index contributed by atoms with van der Waals surface area (Å²) < 4.78 is 13.2. The maximum Gasteiger partial charge on any atom is 0.329 e. The van der Waals surface area contributed by atoms with Gasteiger partial charge in [-0.2, -0.15) is 0 Å². The van der Waals surface area contributed by atoms with Gasteiger partial charge in [-0.1, -0.05) is 37.6 Å². The van der Waals surface area contributed by atoms with Crippen molar-refractivity contribution in [2.45, 2.75) is 107 Å². The first-order chi connectivity index (χ1) is 23.6. The molecule has 1 saturated carbocycles. The predicted molar refractivity (Wildman–Crippen MR) is 195 cm³/mol. The average molecular weight is 686 g/mol. The topological polar surface area (TPSA) is 83.9 Å². The molecule has 0 bridgehead atoms. The van der Waals surface area contributed by atoms with E-state index >= 15 is 0 Å². The molecular weight excluding hydrogens is 634 g/mol. The normalized spacial score (nSPS) is 27.7. The van der Waals surface area contributed by atoms with Crippen LogP contribution in [0.3, 0.4) is 0 Å². The van der Waals surface area contributed by atoms with Crippen molar-refractivity contribution in [3.05, 3.63) is 82.1 Å². The monoisotopic (exact) mass is 685 g/mol. The molecule has 3 aromatic rings. The van der Waals surface area contributed by atoms with Gasteiger partial charge in [-0.15, -0.1) is 0 Å². The van der Waals surface area contributed by atoms with E-state index < -0.39 is 11.5 Å². The van der Waals surface area contributed by atoms with Crippen molar-refractivity contribution in [2.75, 3.05) is 32.1 Å². The Balaban J connectivity index is 1.13. The van der Waals surface area contributed by atoms with E-state index in [1.54, 1.807) is 0 Å². The van der Waals surface area contributed by atoms with E-state index in [1.807, 2.05) is 36.5 Å².